The van der Waals surface area contributed by atoms with Crippen molar-refractivity contribution in [3.8, 4) is 0 Å². The minimum atomic E-state index is 0.119. The van der Waals surface area contributed by atoms with E-state index in [0.717, 1.165) is 6.54 Å². The fraction of sp³-hybridized carbons (Fsp3) is 0.647. The Morgan fingerprint density at radius 1 is 1.26 bits per heavy atom. The predicted molar refractivity (Wildman–Crippen MR) is 83.0 cm³/mol. The first-order valence-corrected chi connectivity index (χ1v) is 7.57. The van der Waals surface area contributed by atoms with Crippen LogP contribution in [0.25, 0.3) is 0 Å². The Morgan fingerprint density at radius 2 is 2.05 bits per heavy atom. The van der Waals surface area contributed by atoms with Gasteiger partial charge in [0.1, 0.15) is 0 Å². The molecule has 2 heteroatoms. The second-order valence-corrected chi connectivity index (χ2v) is 6.74. The van der Waals surface area contributed by atoms with Crippen LogP contribution in [0.15, 0.2) is 35.6 Å². The fourth-order valence-corrected chi connectivity index (χ4v) is 2.97. The van der Waals surface area contributed by atoms with Crippen molar-refractivity contribution < 1.29 is 0 Å². The van der Waals surface area contributed by atoms with E-state index in [0.29, 0.717) is 12.0 Å². The van der Waals surface area contributed by atoms with Crippen LogP contribution in [0.2, 0.25) is 0 Å². The normalized spacial score (nSPS) is 26.7. The van der Waals surface area contributed by atoms with Crippen LogP contribution in [-0.4, -0.2) is 19.1 Å². The second kappa shape index (κ2) is 5.96. The molecule has 0 aromatic carbocycles. The van der Waals surface area contributed by atoms with Crippen LogP contribution in [0, 0.1) is 11.3 Å². The lowest BCUT2D eigenvalue weighted by Gasteiger charge is -2.26. The van der Waals surface area contributed by atoms with Crippen molar-refractivity contribution in [3.63, 3.8) is 0 Å². The minimum absolute atomic E-state index is 0.119. The van der Waals surface area contributed by atoms with Crippen LogP contribution in [0.1, 0.15) is 40.5 Å². The van der Waals surface area contributed by atoms with Gasteiger partial charge in [0.15, 0.2) is 0 Å². The Kier molecular flexibility index (Phi) is 4.51. The van der Waals surface area contributed by atoms with Crippen molar-refractivity contribution in [1.82, 2.24) is 10.6 Å². The van der Waals surface area contributed by atoms with Crippen LogP contribution in [0.5, 0.6) is 0 Å². The zero-order valence-corrected chi connectivity index (χ0v) is 12.8. The molecular weight excluding hydrogens is 232 g/mol. The van der Waals surface area contributed by atoms with Crippen LogP contribution >= 0.6 is 0 Å². The topological polar surface area (TPSA) is 24.1 Å². The minimum Gasteiger partial charge on any atom is -0.383 e. The lowest BCUT2D eigenvalue weighted by atomic mass is 9.84. The fourth-order valence-electron chi connectivity index (χ4n) is 2.97. The van der Waals surface area contributed by atoms with Crippen molar-refractivity contribution in [2.75, 3.05) is 13.1 Å². The van der Waals surface area contributed by atoms with Gasteiger partial charge in [-0.15, -0.1) is 0 Å². The molecule has 2 aliphatic rings. The van der Waals surface area contributed by atoms with E-state index < -0.39 is 0 Å². The maximum absolute atomic E-state index is 3.53. The van der Waals surface area contributed by atoms with Crippen molar-refractivity contribution in [2.24, 2.45) is 11.3 Å². The van der Waals surface area contributed by atoms with E-state index in [1.54, 1.807) is 0 Å². The molecule has 2 rings (SSSR count). The van der Waals surface area contributed by atoms with Gasteiger partial charge < -0.3 is 10.6 Å². The molecule has 2 N–H and O–H groups in total. The molecule has 1 fully saturated rings. The molecule has 2 nitrogen and oxygen atoms in total. The molecular formula is C17H28N2. The van der Waals surface area contributed by atoms with Crippen molar-refractivity contribution in [1.29, 1.82) is 0 Å². The van der Waals surface area contributed by atoms with Crippen LogP contribution < -0.4 is 10.6 Å². The van der Waals surface area contributed by atoms with E-state index in [2.05, 4.69) is 62.6 Å². The Morgan fingerprint density at radius 3 is 2.68 bits per heavy atom. The van der Waals surface area contributed by atoms with Crippen LogP contribution in [0.4, 0.5) is 0 Å². The summed E-state index contributed by atoms with van der Waals surface area (Å²) in [4.78, 5) is 0. The van der Waals surface area contributed by atoms with Crippen molar-refractivity contribution in [2.45, 2.75) is 46.6 Å². The molecule has 1 aliphatic heterocycles. The molecule has 0 amide bonds. The van der Waals surface area contributed by atoms with Gasteiger partial charge in [-0.2, -0.15) is 0 Å². The first kappa shape index (κ1) is 14.4. The molecule has 1 aliphatic carbocycles. The van der Waals surface area contributed by atoms with Crippen LogP contribution in [-0.2, 0) is 0 Å². The van der Waals surface area contributed by atoms with Gasteiger partial charge in [0.25, 0.3) is 0 Å². The Balaban J connectivity index is 2.17. The van der Waals surface area contributed by atoms with Gasteiger partial charge in [0, 0.05) is 23.7 Å². The zero-order chi connectivity index (χ0) is 13.9. The maximum Gasteiger partial charge on any atom is 0.0310 e. The van der Waals surface area contributed by atoms with Gasteiger partial charge in [0.2, 0.25) is 0 Å². The lowest BCUT2D eigenvalue weighted by molar-refractivity contribution is 0.423. The lowest BCUT2D eigenvalue weighted by Crippen LogP contribution is -2.30. The molecule has 19 heavy (non-hydrogen) atoms. The van der Waals surface area contributed by atoms with Gasteiger partial charge in [-0.3, -0.25) is 0 Å². The van der Waals surface area contributed by atoms with Gasteiger partial charge in [0.05, 0.1) is 0 Å². The summed E-state index contributed by atoms with van der Waals surface area (Å²) in [5.74, 6) is 0.677. The highest BCUT2D eigenvalue weighted by molar-refractivity contribution is 5.37. The molecule has 0 aromatic rings. The molecule has 0 spiro atoms. The van der Waals surface area contributed by atoms with Gasteiger partial charge in [-0.05, 0) is 50.8 Å². The Labute approximate surface area is 118 Å². The highest BCUT2D eigenvalue weighted by Gasteiger charge is 2.22. The van der Waals surface area contributed by atoms with Gasteiger partial charge in [-0.25, -0.2) is 0 Å². The molecule has 0 saturated carbocycles. The highest BCUT2D eigenvalue weighted by Crippen LogP contribution is 2.31. The van der Waals surface area contributed by atoms with E-state index in [9.17, 15) is 0 Å². The average Bonchev–Trinajstić information content (AvgIpc) is 2.48. The molecule has 0 aromatic heterocycles. The summed E-state index contributed by atoms with van der Waals surface area (Å²) in [5.41, 5.74) is 2.86. The average molecular weight is 260 g/mol. The van der Waals surface area contributed by atoms with Crippen molar-refractivity contribution in [3.05, 3.63) is 35.6 Å². The molecule has 1 atom stereocenters. The zero-order valence-electron chi connectivity index (χ0n) is 12.8. The third-order valence-electron chi connectivity index (χ3n) is 3.75. The Hall–Kier alpha value is -1.02. The van der Waals surface area contributed by atoms with E-state index >= 15 is 0 Å². The largest absolute Gasteiger partial charge is 0.383 e. The van der Waals surface area contributed by atoms with Crippen LogP contribution in [0.3, 0.4) is 0 Å². The molecule has 0 radical (unpaired) electrons. The van der Waals surface area contributed by atoms with E-state index in [1.165, 1.54) is 30.7 Å². The quantitative estimate of drug-likeness (QED) is 0.813. The molecule has 1 heterocycles. The SMILES string of the molecule is CC(C)NC1=CC(C)(C)C=C([C@@H]2CCCNC2)C=C1. The number of piperidine rings is 1. The summed E-state index contributed by atoms with van der Waals surface area (Å²) in [6.45, 7) is 11.3. The number of allylic oxidation sites excluding steroid dienone is 4. The summed E-state index contributed by atoms with van der Waals surface area (Å²) in [7, 11) is 0. The highest BCUT2D eigenvalue weighted by atomic mass is 14.9. The third kappa shape index (κ3) is 4.24. The van der Waals surface area contributed by atoms with E-state index in [-0.39, 0.29) is 5.41 Å². The first-order valence-electron chi connectivity index (χ1n) is 7.57. The summed E-state index contributed by atoms with van der Waals surface area (Å²) < 4.78 is 0. The first-order chi connectivity index (χ1) is 8.96. The summed E-state index contributed by atoms with van der Waals surface area (Å²) in [6, 6.07) is 0.476. The van der Waals surface area contributed by atoms with Gasteiger partial charge in [-0.1, -0.05) is 32.1 Å². The molecule has 0 bridgehead atoms. The van der Waals surface area contributed by atoms with Crippen molar-refractivity contribution >= 4 is 0 Å². The molecule has 0 unspecified atom stereocenters. The summed E-state index contributed by atoms with van der Waals surface area (Å²) >= 11 is 0. The standard InChI is InChI=1S/C17H28N2/c1-13(2)19-16-8-7-14(10-17(3,4)11-16)15-6-5-9-18-12-15/h7-8,10-11,13,15,18-19H,5-6,9,12H2,1-4H3/t15-/m1/s1. The number of rotatable bonds is 3. The summed E-state index contributed by atoms with van der Waals surface area (Å²) in [6.07, 6.45) is 11.9. The third-order valence-corrected chi connectivity index (χ3v) is 3.75. The monoisotopic (exact) mass is 260 g/mol. The molecule has 106 valence electrons. The van der Waals surface area contributed by atoms with E-state index in [1.807, 2.05) is 0 Å². The molecule has 1 saturated heterocycles. The second-order valence-electron chi connectivity index (χ2n) is 6.74. The Bertz CT molecular complexity index is 393. The predicted octanol–water partition coefficient (Wildman–Crippen LogP) is 3.39. The summed E-state index contributed by atoms with van der Waals surface area (Å²) in [5, 5.41) is 7.04. The van der Waals surface area contributed by atoms with E-state index in [4.69, 9.17) is 0 Å². The van der Waals surface area contributed by atoms with Gasteiger partial charge >= 0.3 is 0 Å². The smallest absolute Gasteiger partial charge is 0.0310 e. The number of hydrogen-bond donors (Lipinski definition) is 2. The number of hydrogen-bond acceptors (Lipinski definition) is 2. The maximum atomic E-state index is 3.53. The number of nitrogens with one attached hydrogen (secondary N) is 2.